The number of rotatable bonds is 3. The zero-order valence-corrected chi connectivity index (χ0v) is 11.9. The summed E-state index contributed by atoms with van der Waals surface area (Å²) in [6, 6.07) is 8.75. The molecule has 1 fully saturated rings. The van der Waals surface area contributed by atoms with Crippen molar-refractivity contribution in [1.29, 1.82) is 0 Å². The molecule has 4 nitrogen and oxygen atoms in total. The van der Waals surface area contributed by atoms with Gasteiger partial charge >= 0.3 is 0 Å². The van der Waals surface area contributed by atoms with Crippen LogP contribution >= 0.6 is 0 Å². The van der Waals surface area contributed by atoms with Crippen LogP contribution in [0.1, 0.15) is 38.2 Å². The fourth-order valence-corrected chi connectivity index (χ4v) is 2.69. The molecule has 0 radical (unpaired) electrons. The van der Waals surface area contributed by atoms with Gasteiger partial charge in [-0.2, -0.15) is 0 Å². The van der Waals surface area contributed by atoms with Crippen LogP contribution in [-0.4, -0.2) is 18.5 Å². The highest BCUT2D eigenvalue weighted by Crippen LogP contribution is 2.23. The first-order valence-corrected chi connectivity index (χ1v) is 7.13. The molecular formula is C15H24N4. The largest absolute Gasteiger partial charge is 0.312 e. The average molecular weight is 260 g/mol. The van der Waals surface area contributed by atoms with Gasteiger partial charge in [0, 0.05) is 12.2 Å². The summed E-state index contributed by atoms with van der Waals surface area (Å²) in [5.41, 5.74) is 5.18. The van der Waals surface area contributed by atoms with E-state index in [2.05, 4.69) is 48.4 Å². The molecule has 0 spiro atoms. The lowest BCUT2D eigenvalue weighted by Gasteiger charge is -2.26. The SMILES string of the molecule is CCN(C(=NC1CCCC1)NN)c1ccccc1C. The number of aryl methyl sites for hydroxylation is 1. The maximum Gasteiger partial charge on any atom is 0.213 e. The monoisotopic (exact) mass is 260 g/mol. The van der Waals surface area contributed by atoms with Gasteiger partial charge in [0.2, 0.25) is 5.96 Å². The molecule has 0 unspecified atom stereocenters. The van der Waals surface area contributed by atoms with Gasteiger partial charge in [0.15, 0.2) is 0 Å². The van der Waals surface area contributed by atoms with Gasteiger partial charge in [-0.3, -0.25) is 5.43 Å². The molecule has 0 bridgehead atoms. The van der Waals surface area contributed by atoms with Crippen molar-refractivity contribution in [2.24, 2.45) is 10.8 Å². The number of nitrogens with one attached hydrogen (secondary N) is 1. The van der Waals surface area contributed by atoms with Crippen molar-refractivity contribution in [3.63, 3.8) is 0 Å². The molecule has 1 aliphatic rings. The van der Waals surface area contributed by atoms with E-state index in [0.29, 0.717) is 6.04 Å². The average Bonchev–Trinajstić information content (AvgIpc) is 2.93. The first kappa shape index (κ1) is 13.9. The first-order chi connectivity index (χ1) is 9.26. The summed E-state index contributed by atoms with van der Waals surface area (Å²) in [7, 11) is 0. The second kappa shape index (κ2) is 6.57. The van der Waals surface area contributed by atoms with Gasteiger partial charge in [0.1, 0.15) is 0 Å². The first-order valence-electron chi connectivity index (χ1n) is 7.13. The van der Waals surface area contributed by atoms with Crippen molar-refractivity contribution < 1.29 is 0 Å². The number of nitrogens with zero attached hydrogens (tertiary/aromatic N) is 2. The van der Waals surface area contributed by atoms with Gasteiger partial charge in [-0.1, -0.05) is 31.0 Å². The molecule has 19 heavy (non-hydrogen) atoms. The van der Waals surface area contributed by atoms with Crippen LogP contribution in [0.25, 0.3) is 0 Å². The van der Waals surface area contributed by atoms with E-state index < -0.39 is 0 Å². The van der Waals surface area contributed by atoms with Crippen LogP contribution in [0.15, 0.2) is 29.3 Å². The summed E-state index contributed by atoms with van der Waals surface area (Å²) in [5, 5.41) is 0. The van der Waals surface area contributed by atoms with Gasteiger partial charge in [-0.15, -0.1) is 0 Å². The van der Waals surface area contributed by atoms with Crippen LogP contribution in [0.3, 0.4) is 0 Å². The van der Waals surface area contributed by atoms with Crippen LogP contribution in [0.2, 0.25) is 0 Å². The number of guanidine groups is 1. The number of anilines is 1. The highest BCUT2D eigenvalue weighted by molar-refractivity contribution is 5.96. The minimum absolute atomic E-state index is 0.420. The highest BCUT2D eigenvalue weighted by atomic mass is 15.4. The molecule has 0 heterocycles. The van der Waals surface area contributed by atoms with E-state index in [-0.39, 0.29) is 0 Å². The number of hydrogen-bond donors (Lipinski definition) is 2. The molecule has 4 heteroatoms. The summed E-state index contributed by atoms with van der Waals surface area (Å²) in [5.74, 6) is 6.47. The predicted octanol–water partition coefficient (Wildman–Crippen LogP) is 2.58. The van der Waals surface area contributed by atoms with Gasteiger partial charge in [-0.25, -0.2) is 10.8 Å². The van der Waals surface area contributed by atoms with Crippen molar-refractivity contribution in [1.82, 2.24) is 5.43 Å². The Bertz CT molecular complexity index is 436. The van der Waals surface area contributed by atoms with E-state index in [1.165, 1.54) is 36.9 Å². The van der Waals surface area contributed by atoms with Crippen LogP contribution in [-0.2, 0) is 0 Å². The molecule has 0 aromatic heterocycles. The normalized spacial score (nSPS) is 16.7. The fraction of sp³-hybridized carbons (Fsp3) is 0.533. The molecule has 3 N–H and O–H groups in total. The third-order valence-corrected chi connectivity index (χ3v) is 3.74. The molecule has 0 atom stereocenters. The highest BCUT2D eigenvalue weighted by Gasteiger charge is 2.18. The molecule has 0 saturated heterocycles. The van der Waals surface area contributed by atoms with E-state index in [9.17, 15) is 0 Å². The smallest absolute Gasteiger partial charge is 0.213 e. The molecule has 0 aliphatic heterocycles. The zero-order valence-electron chi connectivity index (χ0n) is 11.9. The van der Waals surface area contributed by atoms with Gasteiger partial charge in [-0.05, 0) is 38.3 Å². The third kappa shape index (κ3) is 3.26. The minimum Gasteiger partial charge on any atom is -0.312 e. The van der Waals surface area contributed by atoms with Crippen molar-refractivity contribution in [3.05, 3.63) is 29.8 Å². The van der Waals surface area contributed by atoms with Crippen LogP contribution in [0.4, 0.5) is 5.69 Å². The quantitative estimate of drug-likeness (QED) is 0.380. The molecule has 0 amide bonds. The molecule has 1 aromatic carbocycles. The van der Waals surface area contributed by atoms with Gasteiger partial charge in [0.05, 0.1) is 6.04 Å². The van der Waals surface area contributed by atoms with Crippen molar-refractivity contribution in [2.45, 2.75) is 45.6 Å². The minimum atomic E-state index is 0.420. The lowest BCUT2D eigenvalue weighted by molar-refractivity contribution is 0.694. The molecule has 1 saturated carbocycles. The second-order valence-electron chi connectivity index (χ2n) is 5.07. The van der Waals surface area contributed by atoms with Crippen LogP contribution in [0, 0.1) is 6.92 Å². The second-order valence-corrected chi connectivity index (χ2v) is 5.07. The summed E-state index contributed by atoms with van der Waals surface area (Å²) in [4.78, 5) is 6.94. The van der Waals surface area contributed by atoms with E-state index in [4.69, 9.17) is 10.8 Å². The predicted molar refractivity (Wildman–Crippen MR) is 81.2 cm³/mol. The maximum absolute atomic E-state index is 5.69. The Labute approximate surface area is 115 Å². The molecule has 1 aromatic rings. The Kier molecular flexibility index (Phi) is 4.80. The Hall–Kier alpha value is -1.55. The summed E-state index contributed by atoms with van der Waals surface area (Å²) in [6.45, 7) is 5.08. The van der Waals surface area contributed by atoms with Crippen molar-refractivity contribution in [2.75, 3.05) is 11.4 Å². The topological polar surface area (TPSA) is 53.6 Å². The third-order valence-electron chi connectivity index (χ3n) is 3.74. The molecule has 2 rings (SSSR count). The van der Waals surface area contributed by atoms with Gasteiger partial charge < -0.3 is 4.90 Å². The van der Waals surface area contributed by atoms with E-state index in [1.54, 1.807) is 0 Å². The van der Waals surface area contributed by atoms with Gasteiger partial charge in [0.25, 0.3) is 0 Å². The summed E-state index contributed by atoms with van der Waals surface area (Å²) in [6.07, 6.45) is 4.91. The number of para-hydroxylation sites is 1. The lowest BCUT2D eigenvalue weighted by Crippen LogP contribution is -2.46. The zero-order chi connectivity index (χ0) is 13.7. The number of hydrazine groups is 1. The van der Waals surface area contributed by atoms with E-state index in [1.807, 2.05) is 0 Å². The molecule has 104 valence electrons. The Morgan fingerprint density at radius 2 is 2.05 bits per heavy atom. The Balaban J connectivity index is 2.25. The van der Waals surface area contributed by atoms with Crippen molar-refractivity contribution in [3.8, 4) is 0 Å². The number of nitrogens with two attached hydrogens (primary N) is 1. The molecular weight excluding hydrogens is 236 g/mol. The van der Waals surface area contributed by atoms with Crippen molar-refractivity contribution >= 4 is 11.6 Å². The standard InChI is InChI=1S/C15H24N4/c1-3-19(14-11-7-4-8-12(14)2)15(18-16)17-13-9-5-6-10-13/h4,7-8,11,13H,3,5-6,9-10,16H2,1-2H3,(H,17,18). The van der Waals surface area contributed by atoms with Crippen LogP contribution < -0.4 is 16.2 Å². The number of hydrogen-bond acceptors (Lipinski definition) is 2. The number of aliphatic imine (C=N–C) groups is 1. The number of benzene rings is 1. The Morgan fingerprint density at radius 3 is 2.63 bits per heavy atom. The lowest BCUT2D eigenvalue weighted by atomic mass is 10.2. The Morgan fingerprint density at radius 1 is 1.37 bits per heavy atom. The summed E-state index contributed by atoms with van der Waals surface area (Å²) < 4.78 is 0. The summed E-state index contributed by atoms with van der Waals surface area (Å²) >= 11 is 0. The fourth-order valence-electron chi connectivity index (χ4n) is 2.69. The maximum atomic E-state index is 5.69. The molecule has 1 aliphatic carbocycles. The van der Waals surface area contributed by atoms with Crippen LogP contribution in [0.5, 0.6) is 0 Å². The van der Waals surface area contributed by atoms with E-state index >= 15 is 0 Å². The van der Waals surface area contributed by atoms with E-state index in [0.717, 1.165) is 12.5 Å².